The van der Waals surface area contributed by atoms with E-state index in [1.54, 1.807) is 6.20 Å². The van der Waals surface area contributed by atoms with Gasteiger partial charge in [0.15, 0.2) is 0 Å². The number of amides is 1. The van der Waals surface area contributed by atoms with Gasteiger partial charge in [-0.05, 0) is 29.9 Å². The molecule has 1 aromatic carbocycles. The normalized spacial score (nSPS) is 14.5. The number of benzene rings is 1. The number of carbonyl (C=O) groups excluding carboxylic acids is 1. The molecule has 0 atom stereocenters. The summed E-state index contributed by atoms with van der Waals surface area (Å²) in [6, 6.07) is 8.58. The zero-order chi connectivity index (χ0) is 13.1. The van der Waals surface area contributed by atoms with Gasteiger partial charge in [0.05, 0.1) is 6.54 Å². The lowest BCUT2D eigenvalue weighted by Gasteiger charge is -2.08. The van der Waals surface area contributed by atoms with Gasteiger partial charge in [-0.3, -0.25) is 9.78 Å². The van der Waals surface area contributed by atoms with Crippen LogP contribution >= 0.6 is 0 Å². The number of nitrogens with one attached hydrogen (secondary N) is 2. The monoisotopic (exact) mass is 255 g/mol. The first kappa shape index (κ1) is 12.1. The molecule has 2 N–H and O–H groups in total. The minimum absolute atomic E-state index is 0.0874. The Hall–Kier alpha value is -1.94. The molecule has 1 aliphatic rings. The maximum Gasteiger partial charge on any atom is 0.234 e. The Balaban J connectivity index is 1.60. The van der Waals surface area contributed by atoms with E-state index in [9.17, 15) is 4.79 Å². The summed E-state index contributed by atoms with van der Waals surface area (Å²) in [5.74, 6) is 0.0874. The van der Waals surface area contributed by atoms with Crippen LogP contribution in [-0.4, -0.2) is 23.5 Å². The van der Waals surface area contributed by atoms with E-state index >= 15 is 0 Å². The molecule has 0 spiro atoms. The number of hydrogen-bond acceptors (Lipinski definition) is 3. The van der Waals surface area contributed by atoms with Gasteiger partial charge in [0, 0.05) is 30.4 Å². The highest BCUT2D eigenvalue weighted by molar-refractivity contribution is 5.84. The first-order chi connectivity index (χ1) is 9.33. The van der Waals surface area contributed by atoms with Crippen molar-refractivity contribution in [2.75, 3.05) is 6.54 Å². The third kappa shape index (κ3) is 3.09. The quantitative estimate of drug-likeness (QED) is 0.853. The van der Waals surface area contributed by atoms with E-state index in [1.165, 1.54) is 10.9 Å². The summed E-state index contributed by atoms with van der Waals surface area (Å²) in [4.78, 5) is 15.7. The third-order valence-corrected chi connectivity index (χ3v) is 3.31. The van der Waals surface area contributed by atoms with Gasteiger partial charge in [0.25, 0.3) is 0 Å². The maximum absolute atomic E-state index is 11.6. The molecule has 0 unspecified atom stereocenters. The van der Waals surface area contributed by atoms with Crippen molar-refractivity contribution in [1.82, 2.24) is 15.6 Å². The molecule has 1 aliphatic carbocycles. The summed E-state index contributed by atoms with van der Waals surface area (Å²) in [6.45, 7) is 1.07. The Labute approximate surface area is 112 Å². The van der Waals surface area contributed by atoms with Crippen molar-refractivity contribution >= 4 is 16.7 Å². The summed E-state index contributed by atoms with van der Waals surface area (Å²) in [7, 11) is 0. The zero-order valence-corrected chi connectivity index (χ0v) is 10.7. The number of rotatable bonds is 5. The molecular formula is C15H17N3O. The van der Waals surface area contributed by atoms with E-state index in [0.29, 0.717) is 19.1 Å². The zero-order valence-electron chi connectivity index (χ0n) is 10.7. The SMILES string of the molecule is O=C(CNCc1cccc2cnccc12)NC1CC1. The van der Waals surface area contributed by atoms with Crippen molar-refractivity contribution in [3.05, 3.63) is 42.2 Å². The standard InChI is InChI=1S/C15H17N3O/c19-15(18-13-4-5-13)10-17-9-12-3-1-2-11-8-16-7-6-14(11)12/h1-3,6-8,13,17H,4-5,9-10H2,(H,18,19). The Morgan fingerprint density at radius 1 is 1.32 bits per heavy atom. The van der Waals surface area contributed by atoms with Crippen LogP contribution < -0.4 is 10.6 Å². The predicted octanol–water partition coefficient (Wildman–Crippen LogP) is 1.60. The molecule has 3 rings (SSSR count). The van der Waals surface area contributed by atoms with E-state index < -0.39 is 0 Å². The van der Waals surface area contributed by atoms with Crippen LogP contribution in [0, 0.1) is 0 Å². The molecule has 1 fully saturated rings. The minimum Gasteiger partial charge on any atom is -0.352 e. The molecule has 19 heavy (non-hydrogen) atoms. The van der Waals surface area contributed by atoms with Crippen molar-refractivity contribution in [3.8, 4) is 0 Å². The van der Waals surface area contributed by atoms with E-state index in [2.05, 4.69) is 21.7 Å². The van der Waals surface area contributed by atoms with E-state index in [0.717, 1.165) is 18.2 Å². The number of nitrogens with zero attached hydrogens (tertiary/aromatic N) is 1. The lowest BCUT2D eigenvalue weighted by Crippen LogP contribution is -2.34. The minimum atomic E-state index is 0.0874. The molecule has 1 aromatic heterocycles. The van der Waals surface area contributed by atoms with Gasteiger partial charge < -0.3 is 10.6 Å². The molecule has 1 saturated carbocycles. The fourth-order valence-electron chi connectivity index (χ4n) is 2.16. The van der Waals surface area contributed by atoms with Crippen LogP contribution in [0.15, 0.2) is 36.7 Å². The molecular weight excluding hydrogens is 238 g/mol. The van der Waals surface area contributed by atoms with Gasteiger partial charge in [-0.25, -0.2) is 0 Å². The highest BCUT2D eigenvalue weighted by atomic mass is 16.2. The summed E-state index contributed by atoms with van der Waals surface area (Å²) in [5.41, 5.74) is 1.19. The lowest BCUT2D eigenvalue weighted by atomic mass is 10.1. The molecule has 4 nitrogen and oxygen atoms in total. The van der Waals surface area contributed by atoms with Gasteiger partial charge in [0.2, 0.25) is 5.91 Å². The molecule has 0 aliphatic heterocycles. The summed E-state index contributed by atoms with van der Waals surface area (Å²) in [5, 5.41) is 8.48. The molecule has 98 valence electrons. The van der Waals surface area contributed by atoms with Crippen molar-refractivity contribution in [2.45, 2.75) is 25.4 Å². The van der Waals surface area contributed by atoms with Crippen LogP contribution in [0.3, 0.4) is 0 Å². The molecule has 0 bridgehead atoms. The molecule has 0 saturated heterocycles. The second-order valence-corrected chi connectivity index (χ2v) is 4.96. The lowest BCUT2D eigenvalue weighted by molar-refractivity contribution is -0.120. The second kappa shape index (κ2) is 5.36. The van der Waals surface area contributed by atoms with Crippen molar-refractivity contribution < 1.29 is 4.79 Å². The fraction of sp³-hybridized carbons (Fsp3) is 0.333. The van der Waals surface area contributed by atoms with Crippen LogP contribution in [0.5, 0.6) is 0 Å². The van der Waals surface area contributed by atoms with Crippen molar-refractivity contribution in [1.29, 1.82) is 0 Å². The number of aromatic nitrogens is 1. The van der Waals surface area contributed by atoms with Crippen molar-refractivity contribution in [2.24, 2.45) is 0 Å². The van der Waals surface area contributed by atoms with Crippen LogP contribution in [-0.2, 0) is 11.3 Å². The highest BCUT2D eigenvalue weighted by Gasteiger charge is 2.22. The number of carbonyl (C=O) groups is 1. The molecule has 2 aromatic rings. The Morgan fingerprint density at radius 2 is 2.21 bits per heavy atom. The molecule has 1 heterocycles. The smallest absolute Gasteiger partial charge is 0.234 e. The molecule has 1 amide bonds. The average Bonchev–Trinajstić information content (AvgIpc) is 3.23. The first-order valence-electron chi connectivity index (χ1n) is 6.64. The summed E-state index contributed by atoms with van der Waals surface area (Å²) >= 11 is 0. The van der Waals surface area contributed by atoms with Gasteiger partial charge in [-0.2, -0.15) is 0 Å². The van der Waals surface area contributed by atoms with Crippen molar-refractivity contribution in [3.63, 3.8) is 0 Å². The maximum atomic E-state index is 11.6. The second-order valence-electron chi connectivity index (χ2n) is 4.96. The van der Waals surface area contributed by atoms with E-state index in [-0.39, 0.29) is 5.91 Å². The van der Waals surface area contributed by atoms with E-state index in [4.69, 9.17) is 0 Å². The third-order valence-electron chi connectivity index (χ3n) is 3.31. The van der Waals surface area contributed by atoms with Crippen LogP contribution in [0.2, 0.25) is 0 Å². The van der Waals surface area contributed by atoms with Crippen LogP contribution in [0.25, 0.3) is 10.8 Å². The molecule has 0 radical (unpaired) electrons. The number of hydrogen-bond donors (Lipinski definition) is 2. The Morgan fingerprint density at radius 3 is 3.05 bits per heavy atom. The van der Waals surface area contributed by atoms with Gasteiger partial charge in [-0.15, -0.1) is 0 Å². The predicted molar refractivity (Wildman–Crippen MR) is 74.6 cm³/mol. The summed E-state index contributed by atoms with van der Waals surface area (Å²) < 4.78 is 0. The Kier molecular flexibility index (Phi) is 3.42. The number of fused-ring (bicyclic) bond motifs is 1. The van der Waals surface area contributed by atoms with Gasteiger partial charge in [0.1, 0.15) is 0 Å². The Bertz CT molecular complexity index is 587. The molecule has 4 heteroatoms. The first-order valence-corrected chi connectivity index (χ1v) is 6.64. The van der Waals surface area contributed by atoms with Crippen LogP contribution in [0.4, 0.5) is 0 Å². The highest BCUT2D eigenvalue weighted by Crippen LogP contribution is 2.18. The largest absolute Gasteiger partial charge is 0.352 e. The van der Waals surface area contributed by atoms with Gasteiger partial charge in [-0.1, -0.05) is 18.2 Å². The van der Waals surface area contributed by atoms with Gasteiger partial charge >= 0.3 is 0 Å². The van der Waals surface area contributed by atoms with Crippen LogP contribution in [0.1, 0.15) is 18.4 Å². The average molecular weight is 255 g/mol. The topological polar surface area (TPSA) is 54.0 Å². The fourth-order valence-corrected chi connectivity index (χ4v) is 2.16. The van der Waals surface area contributed by atoms with E-state index in [1.807, 2.05) is 24.4 Å². The summed E-state index contributed by atoms with van der Waals surface area (Å²) in [6.07, 6.45) is 5.91. The number of pyridine rings is 1.